The molecule has 0 radical (unpaired) electrons. The molecule has 3 amide bonds. The first kappa shape index (κ1) is 20.4. The van der Waals surface area contributed by atoms with Gasteiger partial charge in [0.2, 0.25) is 17.7 Å². The molecule has 156 valence electrons. The fourth-order valence-electron chi connectivity index (χ4n) is 4.14. The van der Waals surface area contributed by atoms with Crippen LogP contribution >= 0.6 is 11.6 Å². The Morgan fingerprint density at radius 2 is 1.90 bits per heavy atom. The van der Waals surface area contributed by atoms with E-state index in [0.717, 1.165) is 24.1 Å². The van der Waals surface area contributed by atoms with Crippen LogP contribution in [0, 0.1) is 5.92 Å². The van der Waals surface area contributed by atoms with Gasteiger partial charge in [-0.25, -0.2) is 0 Å². The number of para-hydroxylation sites is 1. The molecule has 1 N–H and O–H groups in total. The Balaban J connectivity index is 1.45. The molecule has 2 aliphatic heterocycles. The van der Waals surface area contributed by atoms with E-state index in [0.29, 0.717) is 35.9 Å². The summed E-state index contributed by atoms with van der Waals surface area (Å²) in [7, 11) is 0. The van der Waals surface area contributed by atoms with Gasteiger partial charge in [0.25, 0.3) is 0 Å². The fourth-order valence-corrected chi connectivity index (χ4v) is 4.42. The van der Waals surface area contributed by atoms with Crippen LogP contribution in [0.15, 0.2) is 42.5 Å². The van der Waals surface area contributed by atoms with Gasteiger partial charge in [0.1, 0.15) is 0 Å². The van der Waals surface area contributed by atoms with Gasteiger partial charge in [-0.15, -0.1) is 0 Å². The van der Waals surface area contributed by atoms with Crippen molar-refractivity contribution >= 4 is 46.4 Å². The summed E-state index contributed by atoms with van der Waals surface area (Å²) < 4.78 is 0. The molecule has 1 atom stereocenters. The lowest BCUT2D eigenvalue weighted by atomic mass is 10.1. The number of hydrogen-bond donors (Lipinski definition) is 1. The Morgan fingerprint density at radius 3 is 2.60 bits per heavy atom. The standard InChI is InChI=1S/C23H24ClN3O3/c1-2-15-6-3-4-7-19(15)27-14-16(12-22(27)29)23(30)25-17-9-10-20(18(24)13-17)26-11-5-8-21(26)28/h3-4,6-7,9-10,13,16H,2,5,8,11-12,14H2,1H3,(H,25,30). The van der Waals surface area contributed by atoms with Crippen molar-refractivity contribution in [3.8, 4) is 0 Å². The van der Waals surface area contributed by atoms with Crippen molar-refractivity contribution in [2.24, 2.45) is 5.92 Å². The van der Waals surface area contributed by atoms with E-state index in [4.69, 9.17) is 11.6 Å². The minimum absolute atomic E-state index is 0.0445. The van der Waals surface area contributed by atoms with Crippen molar-refractivity contribution in [3.63, 3.8) is 0 Å². The Morgan fingerprint density at radius 1 is 1.10 bits per heavy atom. The van der Waals surface area contributed by atoms with Crippen LogP contribution in [0.25, 0.3) is 0 Å². The molecule has 2 fully saturated rings. The second kappa shape index (κ2) is 8.48. The van der Waals surface area contributed by atoms with Gasteiger partial charge in [0.05, 0.1) is 16.6 Å². The van der Waals surface area contributed by atoms with Crippen LogP contribution in [0.1, 0.15) is 31.7 Å². The summed E-state index contributed by atoms with van der Waals surface area (Å²) in [6.07, 6.45) is 2.35. The van der Waals surface area contributed by atoms with Gasteiger partial charge in [-0.1, -0.05) is 36.7 Å². The average molecular weight is 426 g/mol. The van der Waals surface area contributed by atoms with Crippen LogP contribution < -0.4 is 15.1 Å². The van der Waals surface area contributed by atoms with E-state index in [-0.39, 0.29) is 24.1 Å². The number of nitrogens with zero attached hydrogens (tertiary/aromatic N) is 2. The normalized spacial score (nSPS) is 18.9. The minimum Gasteiger partial charge on any atom is -0.326 e. The molecule has 1 unspecified atom stereocenters. The largest absolute Gasteiger partial charge is 0.326 e. The molecular weight excluding hydrogens is 402 g/mol. The molecule has 2 saturated heterocycles. The molecular formula is C23H24ClN3O3. The van der Waals surface area contributed by atoms with Crippen LogP contribution in [0.5, 0.6) is 0 Å². The smallest absolute Gasteiger partial charge is 0.229 e. The van der Waals surface area contributed by atoms with E-state index < -0.39 is 5.92 Å². The number of nitrogens with one attached hydrogen (secondary N) is 1. The maximum atomic E-state index is 12.8. The third-order valence-electron chi connectivity index (χ3n) is 5.74. The SMILES string of the molecule is CCc1ccccc1N1CC(C(=O)Nc2ccc(N3CCCC3=O)c(Cl)c2)CC1=O. The highest BCUT2D eigenvalue weighted by Crippen LogP contribution is 2.33. The molecule has 0 aromatic heterocycles. The van der Waals surface area contributed by atoms with Crippen LogP contribution in [0.4, 0.5) is 17.1 Å². The number of hydrogen-bond acceptors (Lipinski definition) is 3. The lowest BCUT2D eigenvalue weighted by Crippen LogP contribution is -2.28. The monoisotopic (exact) mass is 425 g/mol. The van der Waals surface area contributed by atoms with Crippen LogP contribution in [-0.4, -0.2) is 30.8 Å². The molecule has 0 spiro atoms. The second-order valence-corrected chi connectivity index (χ2v) is 8.10. The number of rotatable bonds is 5. The quantitative estimate of drug-likeness (QED) is 0.786. The molecule has 0 aliphatic carbocycles. The predicted molar refractivity (Wildman–Crippen MR) is 118 cm³/mol. The van der Waals surface area contributed by atoms with E-state index in [1.54, 1.807) is 28.0 Å². The third kappa shape index (κ3) is 3.92. The van der Waals surface area contributed by atoms with Gasteiger partial charge in [0.15, 0.2) is 0 Å². The first-order valence-electron chi connectivity index (χ1n) is 10.3. The Labute approximate surface area is 180 Å². The van der Waals surface area contributed by atoms with E-state index in [1.807, 2.05) is 31.2 Å². The lowest BCUT2D eigenvalue weighted by molar-refractivity contribution is -0.122. The zero-order valence-corrected chi connectivity index (χ0v) is 17.6. The summed E-state index contributed by atoms with van der Waals surface area (Å²) in [6, 6.07) is 12.9. The Bertz CT molecular complexity index is 1010. The summed E-state index contributed by atoms with van der Waals surface area (Å²) in [5.41, 5.74) is 3.18. The highest BCUT2D eigenvalue weighted by Gasteiger charge is 2.36. The highest BCUT2D eigenvalue weighted by molar-refractivity contribution is 6.34. The molecule has 0 bridgehead atoms. The molecule has 2 aliphatic rings. The number of amides is 3. The molecule has 6 nitrogen and oxygen atoms in total. The van der Waals surface area contributed by atoms with Gasteiger partial charge >= 0.3 is 0 Å². The third-order valence-corrected chi connectivity index (χ3v) is 6.04. The molecule has 4 rings (SSSR count). The van der Waals surface area contributed by atoms with Crippen molar-refractivity contribution in [1.29, 1.82) is 0 Å². The predicted octanol–water partition coefficient (Wildman–Crippen LogP) is 4.02. The fraction of sp³-hybridized carbons (Fsp3) is 0.348. The molecule has 2 aromatic rings. The highest BCUT2D eigenvalue weighted by atomic mass is 35.5. The summed E-state index contributed by atoms with van der Waals surface area (Å²) in [5.74, 6) is -0.621. The van der Waals surface area contributed by atoms with E-state index in [1.165, 1.54) is 0 Å². The van der Waals surface area contributed by atoms with Crippen molar-refractivity contribution < 1.29 is 14.4 Å². The van der Waals surface area contributed by atoms with E-state index >= 15 is 0 Å². The van der Waals surface area contributed by atoms with E-state index in [2.05, 4.69) is 5.32 Å². The maximum absolute atomic E-state index is 12.8. The van der Waals surface area contributed by atoms with Gasteiger partial charge in [0, 0.05) is 37.3 Å². The number of benzene rings is 2. The van der Waals surface area contributed by atoms with Crippen molar-refractivity contribution in [2.45, 2.75) is 32.6 Å². The zero-order valence-electron chi connectivity index (χ0n) is 16.9. The first-order valence-corrected chi connectivity index (χ1v) is 10.6. The molecule has 0 saturated carbocycles. The van der Waals surface area contributed by atoms with Crippen LogP contribution in [0.3, 0.4) is 0 Å². The molecule has 7 heteroatoms. The number of carbonyl (C=O) groups is 3. The number of anilines is 3. The summed E-state index contributed by atoms with van der Waals surface area (Å²) >= 11 is 6.37. The summed E-state index contributed by atoms with van der Waals surface area (Å²) in [4.78, 5) is 40.7. The van der Waals surface area contributed by atoms with Crippen molar-refractivity contribution in [2.75, 3.05) is 28.2 Å². The topological polar surface area (TPSA) is 69.7 Å². The van der Waals surface area contributed by atoms with Crippen molar-refractivity contribution in [1.82, 2.24) is 0 Å². The van der Waals surface area contributed by atoms with Gasteiger partial charge in [-0.3, -0.25) is 14.4 Å². The zero-order chi connectivity index (χ0) is 21.3. The van der Waals surface area contributed by atoms with Gasteiger partial charge in [-0.2, -0.15) is 0 Å². The minimum atomic E-state index is -0.430. The van der Waals surface area contributed by atoms with Crippen molar-refractivity contribution in [3.05, 3.63) is 53.1 Å². The summed E-state index contributed by atoms with van der Waals surface area (Å²) in [5, 5.41) is 3.29. The molecule has 2 heterocycles. The van der Waals surface area contributed by atoms with Crippen LogP contribution in [0.2, 0.25) is 5.02 Å². The average Bonchev–Trinajstić information content (AvgIpc) is 3.33. The Hall–Kier alpha value is -2.86. The molecule has 2 aromatic carbocycles. The van der Waals surface area contributed by atoms with Crippen LogP contribution in [-0.2, 0) is 20.8 Å². The summed E-state index contributed by atoms with van der Waals surface area (Å²) in [6.45, 7) is 3.06. The van der Waals surface area contributed by atoms with Gasteiger partial charge in [-0.05, 0) is 42.7 Å². The second-order valence-electron chi connectivity index (χ2n) is 7.69. The van der Waals surface area contributed by atoms with Gasteiger partial charge < -0.3 is 15.1 Å². The molecule has 30 heavy (non-hydrogen) atoms. The number of carbonyl (C=O) groups excluding carboxylic acids is 3. The Kier molecular flexibility index (Phi) is 5.77. The number of halogens is 1. The van der Waals surface area contributed by atoms with E-state index in [9.17, 15) is 14.4 Å². The number of aryl methyl sites for hydroxylation is 1. The lowest BCUT2D eigenvalue weighted by Gasteiger charge is -2.20. The maximum Gasteiger partial charge on any atom is 0.229 e. The first-order chi connectivity index (χ1) is 14.5.